The first kappa shape index (κ1) is 16.1. The highest BCUT2D eigenvalue weighted by molar-refractivity contribution is 7.91. The highest BCUT2D eigenvalue weighted by atomic mass is 35.5. The van der Waals surface area contributed by atoms with Crippen molar-refractivity contribution in [2.75, 3.05) is 11.5 Å². The number of benzene rings is 1. The first-order valence-corrected chi connectivity index (χ1v) is 9.18. The van der Waals surface area contributed by atoms with Gasteiger partial charge in [0.05, 0.1) is 22.6 Å². The number of carbonyl (C=O) groups excluding carboxylic acids is 1. The zero-order valence-corrected chi connectivity index (χ0v) is 13.9. The molecule has 0 unspecified atom stereocenters. The van der Waals surface area contributed by atoms with Crippen molar-refractivity contribution in [2.45, 2.75) is 25.4 Å². The third-order valence-electron chi connectivity index (χ3n) is 3.88. The van der Waals surface area contributed by atoms with Crippen LogP contribution in [0.1, 0.15) is 13.3 Å². The number of rotatable bonds is 3. The third-order valence-corrected chi connectivity index (χ3v) is 6.01. The predicted octanol–water partition coefficient (Wildman–Crippen LogP) is 0.941. The fraction of sp³-hybridized carbons (Fsp3) is 0.429. The van der Waals surface area contributed by atoms with Crippen molar-refractivity contribution in [1.29, 1.82) is 0 Å². The first-order valence-electron chi connectivity index (χ1n) is 6.98. The van der Waals surface area contributed by atoms with Crippen LogP contribution in [0.4, 0.5) is 0 Å². The third kappa shape index (κ3) is 3.28. The molecular weight excluding hydrogens is 344 g/mol. The topological polar surface area (TPSA) is 98.4 Å². The van der Waals surface area contributed by atoms with Gasteiger partial charge in [-0.3, -0.25) is 9.36 Å². The van der Waals surface area contributed by atoms with Crippen LogP contribution in [0.15, 0.2) is 27.4 Å². The van der Waals surface area contributed by atoms with E-state index in [2.05, 4.69) is 5.32 Å². The van der Waals surface area contributed by atoms with Crippen molar-refractivity contribution in [2.24, 2.45) is 0 Å². The molecule has 1 N–H and O–H groups in total. The van der Waals surface area contributed by atoms with Crippen LogP contribution in [0.5, 0.6) is 0 Å². The highest BCUT2D eigenvalue weighted by Crippen LogP contribution is 2.23. The van der Waals surface area contributed by atoms with Crippen LogP contribution in [0, 0.1) is 0 Å². The van der Waals surface area contributed by atoms with Gasteiger partial charge in [0.25, 0.3) is 0 Å². The number of amides is 1. The van der Waals surface area contributed by atoms with Gasteiger partial charge in [0.1, 0.15) is 6.54 Å². The summed E-state index contributed by atoms with van der Waals surface area (Å²) in [5.74, 6) is -1.15. The van der Waals surface area contributed by atoms with Gasteiger partial charge in [0.15, 0.2) is 15.4 Å². The number of carbonyl (C=O) groups is 1. The Bertz CT molecular complexity index is 946. The number of halogens is 1. The van der Waals surface area contributed by atoms with Gasteiger partial charge in [-0.05, 0) is 25.5 Å². The number of hydrogen-bond acceptors (Lipinski definition) is 5. The van der Waals surface area contributed by atoms with E-state index in [0.717, 1.165) is 0 Å². The molecule has 1 aliphatic heterocycles. The summed E-state index contributed by atoms with van der Waals surface area (Å²) in [6.45, 7) is 1.44. The fourth-order valence-corrected chi connectivity index (χ4v) is 5.07. The number of sulfone groups is 1. The maximum Gasteiger partial charge on any atom is 0.420 e. The minimum absolute atomic E-state index is 0.0524. The molecular formula is C14H15ClN2O5S. The lowest BCUT2D eigenvalue weighted by Gasteiger charge is -2.23. The molecule has 23 heavy (non-hydrogen) atoms. The molecule has 0 spiro atoms. The van der Waals surface area contributed by atoms with Gasteiger partial charge < -0.3 is 9.73 Å². The standard InChI is InChI=1S/C14H15ClN2O5S/c1-14(4-5-23(20,21)8-14)16-12(18)7-17-10-3-2-9(15)6-11(10)22-13(17)19/h2-3,6H,4-5,7-8H2,1H3,(H,16,18)/t14-/m0/s1. The second-order valence-corrected chi connectivity index (χ2v) is 8.64. The van der Waals surface area contributed by atoms with Crippen molar-refractivity contribution < 1.29 is 17.6 Å². The lowest BCUT2D eigenvalue weighted by Crippen LogP contribution is -2.48. The molecule has 9 heteroatoms. The maximum absolute atomic E-state index is 12.2. The summed E-state index contributed by atoms with van der Waals surface area (Å²) in [6, 6.07) is 4.69. The summed E-state index contributed by atoms with van der Waals surface area (Å²) in [5.41, 5.74) is -0.0498. The molecule has 3 rings (SSSR count). The molecule has 0 aliphatic carbocycles. The summed E-state index contributed by atoms with van der Waals surface area (Å²) in [4.78, 5) is 24.1. The Hall–Kier alpha value is -1.80. The lowest BCUT2D eigenvalue weighted by molar-refractivity contribution is -0.123. The van der Waals surface area contributed by atoms with E-state index in [1.54, 1.807) is 19.1 Å². The molecule has 1 aromatic carbocycles. The quantitative estimate of drug-likeness (QED) is 0.880. The Balaban J connectivity index is 1.81. The monoisotopic (exact) mass is 358 g/mol. The van der Waals surface area contributed by atoms with Gasteiger partial charge >= 0.3 is 5.76 Å². The van der Waals surface area contributed by atoms with Gasteiger partial charge in [-0.15, -0.1) is 0 Å². The van der Waals surface area contributed by atoms with Crippen molar-refractivity contribution in [3.63, 3.8) is 0 Å². The van der Waals surface area contributed by atoms with Gasteiger partial charge in [-0.2, -0.15) is 0 Å². The van der Waals surface area contributed by atoms with Gasteiger partial charge in [0.2, 0.25) is 5.91 Å². The Morgan fingerprint density at radius 2 is 2.22 bits per heavy atom. The highest BCUT2D eigenvalue weighted by Gasteiger charge is 2.39. The SMILES string of the molecule is C[C@]1(NC(=O)Cn2c(=O)oc3cc(Cl)ccc32)CCS(=O)(=O)C1. The van der Waals surface area contributed by atoms with Crippen LogP contribution < -0.4 is 11.1 Å². The summed E-state index contributed by atoms with van der Waals surface area (Å²) < 4.78 is 29.4. The van der Waals surface area contributed by atoms with E-state index >= 15 is 0 Å². The molecule has 2 aromatic rings. The van der Waals surface area contributed by atoms with Crippen molar-refractivity contribution in [3.8, 4) is 0 Å². The Morgan fingerprint density at radius 3 is 2.87 bits per heavy atom. The summed E-state index contributed by atoms with van der Waals surface area (Å²) in [6.07, 6.45) is 0.359. The number of aromatic nitrogens is 1. The fourth-order valence-electron chi connectivity index (χ4n) is 2.82. The van der Waals surface area contributed by atoms with E-state index in [9.17, 15) is 18.0 Å². The zero-order valence-electron chi connectivity index (χ0n) is 12.3. The molecule has 1 amide bonds. The zero-order chi connectivity index (χ0) is 16.8. The van der Waals surface area contributed by atoms with Crippen LogP contribution in [-0.4, -0.2) is 35.9 Å². The van der Waals surface area contributed by atoms with Gasteiger partial charge in [0, 0.05) is 11.1 Å². The van der Waals surface area contributed by atoms with Crippen LogP contribution in [0.2, 0.25) is 5.02 Å². The Kier molecular flexibility index (Phi) is 3.76. The second-order valence-electron chi connectivity index (χ2n) is 6.02. The average molecular weight is 359 g/mol. The van der Waals surface area contributed by atoms with E-state index in [0.29, 0.717) is 22.5 Å². The minimum Gasteiger partial charge on any atom is -0.408 e. The van der Waals surface area contributed by atoms with E-state index in [4.69, 9.17) is 16.0 Å². The van der Waals surface area contributed by atoms with E-state index in [-0.39, 0.29) is 18.1 Å². The first-order chi connectivity index (χ1) is 10.7. The van der Waals surface area contributed by atoms with E-state index < -0.39 is 27.0 Å². The lowest BCUT2D eigenvalue weighted by atomic mass is 10.0. The molecule has 1 aliphatic rings. The number of fused-ring (bicyclic) bond motifs is 1. The largest absolute Gasteiger partial charge is 0.420 e. The van der Waals surface area contributed by atoms with E-state index in [1.165, 1.54) is 10.6 Å². The number of nitrogens with one attached hydrogen (secondary N) is 1. The van der Waals surface area contributed by atoms with Gasteiger partial charge in [-0.1, -0.05) is 11.6 Å². The summed E-state index contributed by atoms with van der Waals surface area (Å²) >= 11 is 5.84. The normalized spacial score (nSPS) is 23.2. The molecule has 0 saturated carbocycles. The molecule has 1 atom stereocenters. The Labute approximate surface area is 137 Å². The minimum atomic E-state index is -3.13. The van der Waals surface area contributed by atoms with Crippen molar-refractivity contribution in [3.05, 3.63) is 33.8 Å². The molecule has 1 saturated heterocycles. The van der Waals surface area contributed by atoms with Crippen LogP contribution >= 0.6 is 11.6 Å². The summed E-state index contributed by atoms with van der Waals surface area (Å²) in [7, 11) is -3.13. The molecule has 124 valence electrons. The van der Waals surface area contributed by atoms with Crippen LogP contribution in [0.25, 0.3) is 11.1 Å². The molecule has 1 fully saturated rings. The molecule has 2 heterocycles. The predicted molar refractivity (Wildman–Crippen MR) is 85.3 cm³/mol. The smallest absolute Gasteiger partial charge is 0.408 e. The Morgan fingerprint density at radius 1 is 1.48 bits per heavy atom. The molecule has 7 nitrogen and oxygen atoms in total. The number of hydrogen-bond donors (Lipinski definition) is 1. The number of nitrogens with zero attached hydrogens (tertiary/aromatic N) is 1. The second kappa shape index (κ2) is 5.38. The van der Waals surface area contributed by atoms with Crippen LogP contribution in [-0.2, 0) is 21.2 Å². The van der Waals surface area contributed by atoms with Gasteiger partial charge in [-0.25, -0.2) is 13.2 Å². The molecule has 0 radical (unpaired) electrons. The summed E-state index contributed by atoms with van der Waals surface area (Å²) in [5, 5.41) is 3.13. The van der Waals surface area contributed by atoms with Crippen molar-refractivity contribution in [1.82, 2.24) is 9.88 Å². The number of oxazole rings is 1. The van der Waals surface area contributed by atoms with Crippen LogP contribution in [0.3, 0.4) is 0 Å². The van der Waals surface area contributed by atoms with E-state index in [1.807, 2.05) is 0 Å². The maximum atomic E-state index is 12.2. The molecule has 1 aromatic heterocycles. The average Bonchev–Trinajstić information content (AvgIpc) is 2.86. The molecule has 0 bridgehead atoms. The van der Waals surface area contributed by atoms with Crippen molar-refractivity contribution >= 4 is 38.4 Å².